The molecule has 0 bridgehead atoms. The highest BCUT2D eigenvalue weighted by molar-refractivity contribution is 7.89. The molecule has 31 heavy (non-hydrogen) atoms. The van der Waals surface area contributed by atoms with E-state index in [1.807, 2.05) is 38.1 Å². The molecule has 0 spiro atoms. The van der Waals surface area contributed by atoms with Crippen molar-refractivity contribution in [3.05, 3.63) is 65.2 Å². The topological polar surface area (TPSA) is 105 Å². The predicted octanol–water partition coefficient (Wildman–Crippen LogP) is 1.47. The molecule has 166 valence electrons. The van der Waals surface area contributed by atoms with Gasteiger partial charge in [0.1, 0.15) is 6.23 Å². The van der Waals surface area contributed by atoms with Crippen molar-refractivity contribution in [2.45, 2.75) is 37.9 Å². The first-order valence-electron chi connectivity index (χ1n) is 10.1. The summed E-state index contributed by atoms with van der Waals surface area (Å²) in [5, 5.41) is 5.03. The molecular weight excluding hydrogens is 418 g/mol. The second-order valence-electron chi connectivity index (χ2n) is 7.49. The fourth-order valence-corrected chi connectivity index (χ4v) is 4.74. The van der Waals surface area contributed by atoms with Crippen molar-refractivity contribution in [2.75, 3.05) is 19.7 Å². The highest BCUT2D eigenvalue weighted by Gasteiger charge is 2.34. The number of rotatable bonds is 6. The normalized spacial score (nSPS) is 17.2. The zero-order chi connectivity index (χ0) is 22.4. The maximum absolute atomic E-state index is 13.0. The smallest absolute Gasteiger partial charge is 0.309 e. The lowest BCUT2D eigenvalue weighted by molar-refractivity contribution is -0.140. The molecule has 9 heteroatoms. The molecule has 2 N–H and O–H groups in total. The summed E-state index contributed by atoms with van der Waals surface area (Å²) in [6.45, 7) is 4.59. The van der Waals surface area contributed by atoms with E-state index in [1.165, 1.54) is 4.31 Å². The van der Waals surface area contributed by atoms with Gasteiger partial charge in [-0.05, 0) is 38.0 Å². The van der Waals surface area contributed by atoms with Gasteiger partial charge in [0.25, 0.3) is 0 Å². The molecule has 2 aromatic rings. The Morgan fingerprint density at radius 1 is 0.968 bits per heavy atom. The molecule has 1 heterocycles. The van der Waals surface area contributed by atoms with Gasteiger partial charge in [-0.2, -0.15) is 4.31 Å². The van der Waals surface area contributed by atoms with Crippen LogP contribution in [0.1, 0.15) is 23.1 Å². The standard InChI is InChI=1S/C22H27N3O5S/c1-16-4-8-18(9-5-16)14-23-21(26)22(27)24-15-20-25(12-3-13-30-20)31(28,29)19-10-6-17(2)7-11-19/h4-11,20H,3,12-15H2,1-2H3,(H,23,26)(H,24,27)/t20-/m1/s1. The molecule has 1 aliphatic rings. The monoisotopic (exact) mass is 445 g/mol. The van der Waals surface area contributed by atoms with E-state index < -0.39 is 28.1 Å². The van der Waals surface area contributed by atoms with Gasteiger partial charge >= 0.3 is 11.8 Å². The van der Waals surface area contributed by atoms with Crippen LogP contribution < -0.4 is 10.6 Å². The van der Waals surface area contributed by atoms with E-state index >= 15 is 0 Å². The molecule has 0 aliphatic carbocycles. The zero-order valence-corrected chi connectivity index (χ0v) is 18.4. The van der Waals surface area contributed by atoms with Gasteiger partial charge in [0.2, 0.25) is 10.0 Å². The van der Waals surface area contributed by atoms with Crippen molar-refractivity contribution < 1.29 is 22.7 Å². The molecule has 8 nitrogen and oxygen atoms in total. The van der Waals surface area contributed by atoms with Crippen molar-refractivity contribution in [3.8, 4) is 0 Å². The van der Waals surface area contributed by atoms with Crippen molar-refractivity contribution in [2.24, 2.45) is 0 Å². The van der Waals surface area contributed by atoms with E-state index in [2.05, 4.69) is 10.6 Å². The summed E-state index contributed by atoms with van der Waals surface area (Å²) < 4.78 is 32.9. The number of carbonyl (C=O) groups is 2. The second kappa shape index (κ2) is 10.0. The fraction of sp³-hybridized carbons (Fsp3) is 0.364. The Morgan fingerprint density at radius 2 is 1.55 bits per heavy atom. The van der Waals surface area contributed by atoms with Crippen LogP contribution in [0.5, 0.6) is 0 Å². The lowest BCUT2D eigenvalue weighted by Crippen LogP contribution is -2.53. The third kappa shape index (κ3) is 5.90. The van der Waals surface area contributed by atoms with Crippen LogP contribution in [0.2, 0.25) is 0 Å². The van der Waals surface area contributed by atoms with E-state index in [0.717, 1.165) is 16.7 Å². The Labute approximate surface area is 182 Å². The van der Waals surface area contributed by atoms with Crippen molar-refractivity contribution in [1.29, 1.82) is 0 Å². The van der Waals surface area contributed by atoms with Crippen LogP contribution in [-0.2, 0) is 30.9 Å². The maximum Gasteiger partial charge on any atom is 0.309 e. The first-order valence-corrected chi connectivity index (χ1v) is 11.5. The van der Waals surface area contributed by atoms with Crippen LogP contribution in [-0.4, -0.2) is 50.5 Å². The predicted molar refractivity (Wildman–Crippen MR) is 115 cm³/mol. The number of hydrogen-bond donors (Lipinski definition) is 2. The molecule has 0 radical (unpaired) electrons. The lowest BCUT2D eigenvalue weighted by Gasteiger charge is -2.34. The van der Waals surface area contributed by atoms with Gasteiger partial charge in [0.15, 0.2) is 0 Å². The third-order valence-corrected chi connectivity index (χ3v) is 6.90. The highest BCUT2D eigenvalue weighted by Crippen LogP contribution is 2.22. The molecule has 3 rings (SSSR count). The largest absolute Gasteiger partial charge is 0.360 e. The van der Waals surface area contributed by atoms with E-state index in [-0.39, 0.29) is 24.5 Å². The van der Waals surface area contributed by atoms with Gasteiger partial charge in [-0.3, -0.25) is 9.59 Å². The van der Waals surface area contributed by atoms with Crippen LogP contribution >= 0.6 is 0 Å². The Hall–Kier alpha value is -2.75. The quantitative estimate of drug-likeness (QED) is 0.656. The Bertz CT molecular complexity index is 1020. The molecule has 0 saturated carbocycles. The van der Waals surface area contributed by atoms with Crippen LogP contribution in [0.15, 0.2) is 53.4 Å². The number of sulfonamides is 1. The number of nitrogens with zero attached hydrogens (tertiary/aromatic N) is 1. The lowest BCUT2D eigenvalue weighted by atomic mass is 10.1. The number of aryl methyl sites for hydroxylation is 2. The molecular formula is C22H27N3O5S. The second-order valence-corrected chi connectivity index (χ2v) is 9.38. The van der Waals surface area contributed by atoms with Crippen molar-refractivity contribution >= 4 is 21.8 Å². The zero-order valence-electron chi connectivity index (χ0n) is 17.6. The highest BCUT2D eigenvalue weighted by atomic mass is 32.2. The molecule has 1 fully saturated rings. The average Bonchev–Trinajstić information content (AvgIpc) is 2.77. The number of benzene rings is 2. The molecule has 0 unspecified atom stereocenters. The first-order chi connectivity index (χ1) is 14.8. The Morgan fingerprint density at radius 3 is 2.19 bits per heavy atom. The van der Waals surface area contributed by atoms with Gasteiger partial charge in [-0.15, -0.1) is 0 Å². The fourth-order valence-electron chi connectivity index (χ4n) is 3.18. The summed E-state index contributed by atoms with van der Waals surface area (Å²) in [6.07, 6.45) is -0.332. The first kappa shape index (κ1) is 22.9. The minimum absolute atomic E-state index is 0.123. The van der Waals surface area contributed by atoms with E-state index in [9.17, 15) is 18.0 Å². The van der Waals surface area contributed by atoms with Crippen molar-refractivity contribution in [1.82, 2.24) is 14.9 Å². The van der Waals surface area contributed by atoms with E-state index in [4.69, 9.17) is 4.74 Å². The summed E-state index contributed by atoms with van der Waals surface area (Å²) in [5.74, 6) is -1.63. The SMILES string of the molecule is Cc1ccc(CNC(=O)C(=O)NC[C@H]2OCCCN2S(=O)(=O)c2ccc(C)cc2)cc1. The number of hydrogen-bond acceptors (Lipinski definition) is 5. The van der Waals surface area contributed by atoms with Gasteiger partial charge in [0.05, 0.1) is 18.0 Å². The summed E-state index contributed by atoms with van der Waals surface area (Å²) in [5.41, 5.74) is 2.93. The van der Waals surface area contributed by atoms with Gasteiger partial charge in [0, 0.05) is 13.1 Å². The molecule has 0 aromatic heterocycles. The van der Waals surface area contributed by atoms with E-state index in [0.29, 0.717) is 13.0 Å². The Kier molecular flexibility index (Phi) is 7.42. The molecule has 2 aromatic carbocycles. The molecule has 2 amide bonds. The van der Waals surface area contributed by atoms with E-state index in [1.54, 1.807) is 24.3 Å². The van der Waals surface area contributed by atoms with Crippen LogP contribution in [0.4, 0.5) is 0 Å². The number of ether oxygens (including phenoxy) is 1. The minimum atomic E-state index is -3.79. The number of amides is 2. The average molecular weight is 446 g/mol. The van der Waals surface area contributed by atoms with Gasteiger partial charge in [-0.1, -0.05) is 47.5 Å². The number of carbonyl (C=O) groups excluding carboxylic acids is 2. The maximum atomic E-state index is 13.0. The van der Waals surface area contributed by atoms with Crippen LogP contribution in [0.25, 0.3) is 0 Å². The summed E-state index contributed by atoms with van der Waals surface area (Å²) in [4.78, 5) is 24.4. The number of nitrogens with one attached hydrogen (secondary N) is 2. The third-order valence-electron chi connectivity index (χ3n) is 5.00. The summed E-state index contributed by atoms with van der Waals surface area (Å²) in [6, 6.07) is 14.1. The van der Waals surface area contributed by atoms with Gasteiger partial charge in [-0.25, -0.2) is 8.42 Å². The van der Waals surface area contributed by atoms with Crippen LogP contribution in [0.3, 0.4) is 0 Å². The molecule has 1 saturated heterocycles. The van der Waals surface area contributed by atoms with Crippen LogP contribution in [0, 0.1) is 13.8 Å². The van der Waals surface area contributed by atoms with Crippen molar-refractivity contribution in [3.63, 3.8) is 0 Å². The van der Waals surface area contributed by atoms with Gasteiger partial charge < -0.3 is 15.4 Å². The molecule has 1 aliphatic heterocycles. The minimum Gasteiger partial charge on any atom is -0.360 e. The summed E-state index contributed by atoms with van der Waals surface area (Å²) >= 11 is 0. The molecule has 1 atom stereocenters. The summed E-state index contributed by atoms with van der Waals surface area (Å²) in [7, 11) is -3.79. The Balaban J connectivity index is 1.58.